The molecular formula is C18H24N2O2. The van der Waals surface area contributed by atoms with E-state index in [1.54, 1.807) is 0 Å². The van der Waals surface area contributed by atoms with Gasteiger partial charge in [-0.1, -0.05) is 6.08 Å². The Morgan fingerprint density at radius 1 is 1.36 bits per heavy atom. The molecule has 2 bridgehead atoms. The number of carbonyl (C=O) groups excluding carboxylic acids is 1. The molecule has 1 aromatic heterocycles. The van der Waals surface area contributed by atoms with Crippen molar-refractivity contribution in [2.75, 3.05) is 0 Å². The number of ether oxygens (including phenoxy) is 1. The maximum atomic E-state index is 12.4. The fourth-order valence-corrected chi connectivity index (χ4v) is 3.33. The van der Waals surface area contributed by atoms with Crippen molar-refractivity contribution < 1.29 is 9.53 Å². The predicted octanol–water partition coefficient (Wildman–Crippen LogP) is 3.95. The lowest BCUT2D eigenvalue weighted by atomic mass is 9.98. The quantitative estimate of drug-likeness (QED) is 0.788. The molecule has 2 aliphatic heterocycles. The molecule has 22 heavy (non-hydrogen) atoms. The van der Waals surface area contributed by atoms with E-state index in [4.69, 9.17) is 4.74 Å². The highest BCUT2D eigenvalue weighted by Crippen LogP contribution is 2.38. The molecule has 0 saturated carbocycles. The summed E-state index contributed by atoms with van der Waals surface area (Å²) in [6.45, 7) is 7.81. The van der Waals surface area contributed by atoms with E-state index in [9.17, 15) is 4.79 Å². The minimum atomic E-state index is -0.446. The van der Waals surface area contributed by atoms with E-state index in [-0.39, 0.29) is 18.2 Å². The molecule has 2 aliphatic rings. The van der Waals surface area contributed by atoms with E-state index in [1.807, 2.05) is 37.9 Å². The van der Waals surface area contributed by atoms with Crippen molar-refractivity contribution in [1.29, 1.82) is 0 Å². The van der Waals surface area contributed by atoms with Crippen LogP contribution in [0.4, 0.5) is 4.79 Å². The largest absolute Gasteiger partial charge is 0.444 e. The van der Waals surface area contributed by atoms with Crippen LogP contribution in [-0.2, 0) is 4.74 Å². The third-order valence-corrected chi connectivity index (χ3v) is 4.24. The molecule has 1 saturated heterocycles. The molecule has 1 fully saturated rings. The topological polar surface area (TPSA) is 42.4 Å². The van der Waals surface area contributed by atoms with Crippen molar-refractivity contribution in [1.82, 2.24) is 9.88 Å². The Bertz CT molecular complexity index is 616. The van der Waals surface area contributed by atoms with Crippen LogP contribution in [0.2, 0.25) is 0 Å². The number of hydrogen-bond acceptors (Lipinski definition) is 3. The number of aryl methyl sites for hydroxylation is 1. The lowest BCUT2D eigenvalue weighted by Gasteiger charge is -2.35. The normalized spacial score (nSPS) is 24.2. The Morgan fingerprint density at radius 3 is 2.77 bits per heavy atom. The summed E-state index contributed by atoms with van der Waals surface area (Å²) in [6.07, 6.45) is 6.79. The van der Waals surface area contributed by atoms with Gasteiger partial charge in [-0.3, -0.25) is 9.88 Å². The van der Waals surface area contributed by atoms with Gasteiger partial charge in [-0.15, -0.1) is 0 Å². The number of aromatic nitrogens is 1. The fourth-order valence-electron chi connectivity index (χ4n) is 3.33. The van der Waals surface area contributed by atoms with Crippen LogP contribution >= 0.6 is 0 Å². The van der Waals surface area contributed by atoms with Crippen LogP contribution in [0.5, 0.6) is 0 Å². The Morgan fingerprint density at radius 2 is 2.14 bits per heavy atom. The Balaban J connectivity index is 1.82. The van der Waals surface area contributed by atoms with Crippen LogP contribution in [0.3, 0.4) is 0 Å². The minimum Gasteiger partial charge on any atom is -0.444 e. The lowest BCUT2D eigenvalue weighted by Crippen LogP contribution is -2.45. The lowest BCUT2D eigenvalue weighted by molar-refractivity contribution is 0.0175. The number of nitrogens with zero attached hydrogens (tertiary/aromatic N) is 2. The maximum absolute atomic E-state index is 12.4. The first kappa shape index (κ1) is 15.1. The highest BCUT2D eigenvalue weighted by atomic mass is 16.6. The summed E-state index contributed by atoms with van der Waals surface area (Å²) in [7, 11) is 0. The molecule has 0 N–H and O–H groups in total. The molecule has 0 spiro atoms. The fraction of sp³-hybridized carbons (Fsp3) is 0.556. The van der Waals surface area contributed by atoms with Gasteiger partial charge in [0.2, 0.25) is 0 Å². The monoisotopic (exact) mass is 300 g/mol. The van der Waals surface area contributed by atoms with E-state index in [1.165, 1.54) is 11.1 Å². The SMILES string of the molecule is Cc1ccnc(C2=CC3CCC(C2)N3C(=O)OC(C)(C)C)c1. The Labute approximate surface area is 132 Å². The zero-order valence-corrected chi connectivity index (χ0v) is 13.8. The molecule has 118 valence electrons. The number of rotatable bonds is 1. The smallest absolute Gasteiger partial charge is 0.411 e. The molecule has 2 atom stereocenters. The van der Waals surface area contributed by atoms with Gasteiger partial charge in [-0.05, 0) is 70.2 Å². The summed E-state index contributed by atoms with van der Waals surface area (Å²) in [5, 5.41) is 0. The second-order valence-corrected chi connectivity index (χ2v) is 7.30. The number of hydrogen-bond donors (Lipinski definition) is 0. The van der Waals surface area contributed by atoms with Gasteiger partial charge in [0, 0.05) is 12.2 Å². The molecule has 0 radical (unpaired) electrons. The van der Waals surface area contributed by atoms with E-state index in [0.717, 1.165) is 25.0 Å². The second-order valence-electron chi connectivity index (χ2n) is 7.30. The molecule has 0 aliphatic carbocycles. The first-order valence-corrected chi connectivity index (χ1v) is 7.98. The van der Waals surface area contributed by atoms with Gasteiger partial charge < -0.3 is 4.74 Å². The van der Waals surface area contributed by atoms with Gasteiger partial charge in [0.15, 0.2) is 0 Å². The summed E-state index contributed by atoms with van der Waals surface area (Å²) in [6, 6.07) is 4.51. The Hall–Kier alpha value is -1.84. The zero-order valence-electron chi connectivity index (χ0n) is 13.8. The van der Waals surface area contributed by atoms with Crippen LogP contribution in [0.15, 0.2) is 24.4 Å². The molecule has 3 rings (SSSR count). The third-order valence-electron chi connectivity index (χ3n) is 4.24. The van der Waals surface area contributed by atoms with Crippen LogP contribution in [0.1, 0.15) is 51.3 Å². The summed E-state index contributed by atoms with van der Waals surface area (Å²) >= 11 is 0. The molecule has 1 aromatic rings. The van der Waals surface area contributed by atoms with Gasteiger partial charge in [0.1, 0.15) is 5.60 Å². The number of pyridine rings is 1. The van der Waals surface area contributed by atoms with Gasteiger partial charge >= 0.3 is 6.09 Å². The first-order chi connectivity index (χ1) is 10.3. The van der Waals surface area contributed by atoms with Gasteiger partial charge in [-0.2, -0.15) is 0 Å². The maximum Gasteiger partial charge on any atom is 0.411 e. The van der Waals surface area contributed by atoms with E-state index < -0.39 is 5.60 Å². The van der Waals surface area contributed by atoms with E-state index >= 15 is 0 Å². The number of carbonyl (C=O) groups is 1. The van der Waals surface area contributed by atoms with Crippen molar-refractivity contribution in [2.24, 2.45) is 0 Å². The zero-order chi connectivity index (χ0) is 15.9. The minimum absolute atomic E-state index is 0.144. The average molecular weight is 300 g/mol. The number of amides is 1. The van der Waals surface area contributed by atoms with E-state index in [2.05, 4.69) is 24.1 Å². The molecule has 3 heterocycles. The van der Waals surface area contributed by atoms with Crippen LogP contribution < -0.4 is 0 Å². The predicted molar refractivity (Wildman–Crippen MR) is 86.5 cm³/mol. The third kappa shape index (κ3) is 3.01. The summed E-state index contributed by atoms with van der Waals surface area (Å²) in [4.78, 5) is 18.8. The highest BCUT2D eigenvalue weighted by Gasteiger charge is 2.41. The van der Waals surface area contributed by atoms with Gasteiger partial charge in [0.05, 0.1) is 11.7 Å². The highest BCUT2D eigenvalue weighted by molar-refractivity contribution is 5.74. The summed E-state index contributed by atoms with van der Waals surface area (Å²) < 4.78 is 5.56. The van der Waals surface area contributed by atoms with Crippen molar-refractivity contribution in [3.63, 3.8) is 0 Å². The van der Waals surface area contributed by atoms with Gasteiger partial charge in [0.25, 0.3) is 0 Å². The van der Waals surface area contributed by atoms with Crippen LogP contribution in [0, 0.1) is 6.92 Å². The first-order valence-electron chi connectivity index (χ1n) is 7.98. The standard InChI is InChI=1S/C18H24N2O2/c1-12-7-8-19-16(9-12)13-10-14-5-6-15(11-13)20(14)17(21)22-18(2,3)4/h7-10,14-15H,5-6,11H2,1-4H3. The van der Waals surface area contributed by atoms with Crippen molar-refractivity contribution in [3.05, 3.63) is 35.7 Å². The number of fused-ring (bicyclic) bond motifs is 2. The average Bonchev–Trinajstić information content (AvgIpc) is 2.68. The Kier molecular flexibility index (Phi) is 3.71. The molecule has 4 nitrogen and oxygen atoms in total. The second kappa shape index (κ2) is 5.41. The van der Waals surface area contributed by atoms with Crippen LogP contribution in [-0.4, -0.2) is 33.7 Å². The van der Waals surface area contributed by atoms with Crippen LogP contribution in [0.25, 0.3) is 5.57 Å². The molecular weight excluding hydrogens is 276 g/mol. The van der Waals surface area contributed by atoms with Crippen molar-refractivity contribution in [2.45, 2.75) is 64.6 Å². The van der Waals surface area contributed by atoms with Crippen molar-refractivity contribution in [3.8, 4) is 0 Å². The molecule has 0 aromatic carbocycles. The summed E-state index contributed by atoms with van der Waals surface area (Å²) in [5.41, 5.74) is 3.07. The molecule has 4 heteroatoms. The summed E-state index contributed by atoms with van der Waals surface area (Å²) in [5.74, 6) is 0. The molecule has 1 amide bonds. The molecule has 2 unspecified atom stereocenters. The van der Waals surface area contributed by atoms with E-state index in [0.29, 0.717) is 0 Å². The van der Waals surface area contributed by atoms with Crippen molar-refractivity contribution >= 4 is 11.7 Å². The van der Waals surface area contributed by atoms with Gasteiger partial charge in [-0.25, -0.2) is 4.79 Å².